The van der Waals surface area contributed by atoms with Crippen molar-refractivity contribution in [2.24, 2.45) is 0 Å². The number of carboxylic acid groups (broad SMARTS) is 2. The first-order chi connectivity index (χ1) is 18.1. The molecule has 0 aromatic carbocycles. The van der Waals surface area contributed by atoms with Crippen molar-refractivity contribution < 1.29 is 44.0 Å². The minimum absolute atomic E-state index is 0.0489. The van der Waals surface area contributed by atoms with Gasteiger partial charge in [-0.05, 0) is 0 Å². The number of nitrogens with one attached hydrogen (secondary N) is 1. The Morgan fingerprint density at radius 3 is 2.03 bits per heavy atom. The Balaban J connectivity index is 1.66. The second-order valence-corrected chi connectivity index (χ2v) is 10.1. The van der Waals surface area contributed by atoms with Crippen LogP contribution in [-0.4, -0.2) is 168 Å². The molecule has 3 aliphatic rings. The van der Waals surface area contributed by atoms with E-state index in [2.05, 4.69) is 22.8 Å². The van der Waals surface area contributed by atoms with E-state index in [1.165, 1.54) is 0 Å². The van der Waals surface area contributed by atoms with E-state index in [9.17, 15) is 34.2 Å². The minimum atomic E-state index is -0.982. The number of hydrogen-bond acceptors (Lipinski definition) is 13. The fourth-order valence-electron chi connectivity index (χ4n) is 4.54. The zero-order valence-electron chi connectivity index (χ0n) is 21.2. The van der Waals surface area contributed by atoms with Gasteiger partial charge in [-0.2, -0.15) is 17.5 Å². The van der Waals surface area contributed by atoms with Crippen molar-refractivity contribution in [1.29, 1.82) is 0 Å². The van der Waals surface area contributed by atoms with Crippen molar-refractivity contribution in [2.75, 3.05) is 91.6 Å². The van der Waals surface area contributed by atoms with Crippen LogP contribution in [0.5, 0.6) is 0 Å². The first-order valence-corrected chi connectivity index (χ1v) is 13.1. The molecular weight excluding hydrogens is 524 g/mol. The van der Waals surface area contributed by atoms with E-state index in [1.54, 1.807) is 9.80 Å². The zero-order valence-corrected chi connectivity index (χ0v) is 22.1. The van der Waals surface area contributed by atoms with Crippen molar-refractivity contribution in [3.05, 3.63) is 0 Å². The summed E-state index contributed by atoms with van der Waals surface area (Å²) in [5, 5.41) is 21.1. The van der Waals surface area contributed by atoms with Crippen LogP contribution < -0.4 is 5.32 Å². The molecule has 0 aliphatic carbocycles. The smallest absolute Gasteiger partial charge is 0.356 e. The minimum Gasteiger partial charge on any atom is -0.480 e. The normalized spacial score (nSPS) is 29.0. The van der Waals surface area contributed by atoms with Crippen molar-refractivity contribution in [3.8, 4) is 0 Å². The number of fused-ring (bicyclic) bond motifs is 3. The Morgan fingerprint density at radius 2 is 1.45 bits per heavy atom. The van der Waals surface area contributed by atoms with E-state index in [0.29, 0.717) is 58.9 Å². The zero-order chi connectivity index (χ0) is 27.7. The largest absolute Gasteiger partial charge is 0.480 e. The molecule has 38 heavy (non-hydrogen) atoms. The molecule has 3 fully saturated rings. The first-order valence-electron chi connectivity index (χ1n) is 12.6. The quantitative estimate of drug-likeness (QED) is 0.133. The highest BCUT2D eigenvalue weighted by Crippen LogP contribution is 2.17. The van der Waals surface area contributed by atoms with Crippen LogP contribution in [-0.2, 0) is 33.7 Å². The highest BCUT2D eigenvalue weighted by atomic mass is 32.1. The molecule has 0 spiro atoms. The van der Waals surface area contributed by atoms with Crippen molar-refractivity contribution in [3.63, 3.8) is 0 Å². The fourth-order valence-corrected chi connectivity index (χ4v) is 4.84. The van der Waals surface area contributed by atoms with Gasteiger partial charge in [0.25, 0.3) is 0 Å². The number of imide groups is 1. The monoisotopic (exact) mass is 560 g/mol. The van der Waals surface area contributed by atoms with Crippen molar-refractivity contribution in [1.82, 2.24) is 29.8 Å². The third-order valence-electron chi connectivity index (χ3n) is 6.61. The molecule has 3 saturated heterocycles. The maximum Gasteiger partial charge on any atom is 0.356 e. The number of carboxylic acids is 2. The van der Waals surface area contributed by atoms with Crippen LogP contribution in [0.3, 0.4) is 0 Å². The van der Waals surface area contributed by atoms with Gasteiger partial charge in [-0.1, -0.05) is 0 Å². The van der Waals surface area contributed by atoms with Gasteiger partial charge in [0.05, 0.1) is 18.3 Å². The molecule has 214 valence electrons. The van der Waals surface area contributed by atoms with E-state index in [-0.39, 0.29) is 51.0 Å². The summed E-state index contributed by atoms with van der Waals surface area (Å²) in [5.74, 6) is -3.19. The lowest BCUT2D eigenvalue weighted by Gasteiger charge is -2.35. The van der Waals surface area contributed by atoms with Crippen LogP contribution >= 0.6 is 12.6 Å². The summed E-state index contributed by atoms with van der Waals surface area (Å²) in [4.78, 5) is 78.2. The van der Waals surface area contributed by atoms with Gasteiger partial charge < -0.3 is 10.2 Å². The number of hydrogen-bond donors (Lipinski definition) is 4. The summed E-state index contributed by atoms with van der Waals surface area (Å²) < 4.78 is 0. The number of thiol groups is 1. The van der Waals surface area contributed by atoms with Gasteiger partial charge in [0.2, 0.25) is 11.8 Å². The lowest BCUT2D eigenvalue weighted by Crippen LogP contribution is -2.53. The molecule has 0 aromatic heterocycles. The predicted molar refractivity (Wildman–Crippen MR) is 134 cm³/mol. The molecule has 3 unspecified atom stereocenters. The second kappa shape index (κ2) is 14.7. The Bertz CT molecular complexity index is 880. The first kappa shape index (κ1) is 30.2. The molecule has 0 saturated carbocycles. The van der Waals surface area contributed by atoms with Crippen LogP contribution in [0.4, 0.5) is 0 Å². The molecule has 0 aromatic rings. The highest BCUT2D eigenvalue weighted by Gasteiger charge is 2.36. The third-order valence-corrected chi connectivity index (χ3v) is 7.01. The number of carbonyl (C=O) groups excluding carboxylic acids is 3. The van der Waals surface area contributed by atoms with Gasteiger partial charge in [-0.25, -0.2) is 4.79 Å². The Morgan fingerprint density at radius 1 is 0.895 bits per heavy atom. The molecule has 3 N–H and O–H groups in total. The Hall–Kier alpha value is -2.34. The topological polar surface area (TPSA) is 172 Å². The maximum atomic E-state index is 12.4. The van der Waals surface area contributed by atoms with E-state index in [4.69, 9.17) is 9.78 Å². The fraction of sp³-hybridized carbons (Fsp3) is 0.773. The Kier molecular flexibility index (Phi) is 11.7. The molecule has 4 atom stereocenters. The van der Waals surface area contributed by atoms with Crippen LogP contribution in [0.25, 0.3) is 0 Å². The van der Waals surface area contributed by atoms with Crippen molar-refractivity contribution in [2.45, 2.75) is 17.9 Å². The van der Waals surface area contributed by atoms with Gasteiger partial charge in [0, 0.05) is 78.4 Å². The SMILES string of the molecule is O=C(O)CN1CCN(CC(=O)O)CCN2CCN(CC1)CC(=O)OOC(NCCN1C(=O)C[C@H](S)C1=O)C2. The lowest BCUT2D eigenvalue weighted by atomic mass is 10.3. The van der Waals surface area contributed by atoms with Gasteiger partial charge in [-0.15, -0.1) is 0 Å². The van der Waals surface area contributed by atoms with E-state index < -0.39 is 29.4 Å². The van der Waals surface area contributed by atoms with Gasteiger partial charge in [0.1, 0.15) is 6.54 Å². The molecule has 15 nitrogen and oxygen atoms in total. The van der Waals surface area contributed by atoms with E-state index >= 15 is 0 Å². The standard InChI is InChI=1S/C22H36N6O9S/c29-18-11-16(38)22(35)28(18)2-1-23-17-12-24-3-5-25(13-19(30)31)6-7-26(14-20(32)33)8-10-27(9-4-24)15-21(34)37-36-17/h16-17,23,38H,1-15H2,(H,30,31)(H,32,33)/t16-,17?/m0/s1. The third kappa shape index (κ3) is 9.76. The number of likely N-dealkylation sites (tertiary alicyclic amines) is 1. The summed E-state index contributed by atoms with van der Waals surface area (Å²) in [7, 11) is 0. The number of amides is 2. The number of rotatable bonds is 8. The summed E-state index contributed by atoms with van der Waals surface area (Å²) in [5.41, 5.74) is 0. The number of carbonyl (C=O) groups is 5. The average molecular weight is 561 g/mol. The summed E-state index contributed by atoms with van der Waals surface area (Å²) in [6, 6.07) is 0. The van der Waals surface area contributed by atoms with E-state index in [0.717, 1.165) is 4.90 Å². The maximum absolute atomic E-state index is 12.4. The van der Waals surface area contributed by atoms with E-state index in [1.807, 2.05) is 4.90 Å². The molecule has 16 heteroatoms. The average Bonchev–Trinajstić information content (AvgIpc) is 3.08. The summed E-state index contributed by atoms with van der Waals surface area (Å²) >= 11 is 4.12. The molecule has 3 heterocycles. The van der Waals surface area contributed by atoms with Gasteiger partial charge in [0.15, 0.2) is 6.23 Å². The summed E-state index contributed by atoms with van der Waals surface area (Å²) in [6.45, 7) is 3.70. The number of nitrogens with zero attached hydrogens (tertiary/aromatic N) is 5. The van der Waals surface area contributed by atoms with Crippen LogP contribution in [0, 0.1) is 0 Å². The van der Waals surface area contributed by atoms with Gasteiger partial charge in [-0.3, -0.25) is 53.9 Å². The predicted octanol–water partition coefficient (Wildman–Crippen LogP) is -3.16. The molecule has 2 bridgehead atoms. The molecule has 2 amide bonds. The number of aliphatic carboxylic acids is 2. The summed E-state index contributed by atoms with van der Waals surface area (Å²) in [6.07, 6.45) is -0.693. The molecular formula is C22H36N6O9S. The molecule has 3 rings (SSSR count). The lowest BCUT2D eigenvalue weighted by molar-refractivity contribution is -0.307. The van der Waals surface area contributed by atoms with Crippen molar-refractivity contribution >= 4 is 42.4 Å². The molecule has 3 aliphatic heterocycles. The van der Waals surface area contributed by atoms with Crippen LogP contribution in [0.1, 0.15) is 6.42 Å². The Labute approximate surface area is 225 Å². The van der Waals surface area contributed by atoms with Crippen LogP contribution in [0.15, 0.2) is 0 Å². The second-order valence-electron chi connectivity index (χ2n) is 9.51. The highest BCUT2D eigenvalue weighted by molar-refractivity contribution is 7.81. The molecule has 0 radical (unpaired) electrons. The van der Waals surface area contributed by atoms with Gasteiger partial charge >= 0.3 is 17.9 Å². The van der Waals surface area contributed by atoms with Crippen LogP contribution in [0.2, 0.25) is 0 Å².